The largest absolute Gasteiger partial charge is 0.330 e. The predicted octanol–water partition coefficient (Wildman–Crippen LogP) is 8.57. The van der Waals surface area contributed by atoms with Crippen molar-refractivity contribution in [2.45, 2.75) is 136 Å². The molecule has 0 fully saturated rings. The van der Waals surface area contributed by atoms with Crippen LogP contribution in [0.2, 0.25) is 0 Å². The molecular formula is C25H51N. The van der Waals surface area contributed by atoms with Crippen LogP contribution in [0.25, 0.3) is 0 Å². The Labute approximate surface area is 166 Å². The first-order valence-corrected chi connectivity index (χ1v) is 11.9. The van der Waals surface area contributed by atoms with Crippen molar-refractivity contribution < 1.29 is 0 Å². The Morgan fingerprint density at radius 1 is 0.500 bits per heavy atom. The first kappa shape index (κ1) is 25.7. The van der Waals surface area contributed by atoms with Crippen LogP contribution < -0.4 is 5.73 Å². The number of hydrogen-bond donors (Lipinski definition) is 1. The number of rotatable bonds is 19. The van der Waals surface area contributed by atoms with Crippen molar-refractivity contribution in [2.24, 2.45) is 11.1 Å². The summed E-state index contributed by atoms with van der Waals surface area (Å²) in [4.78, 5) is 0. The van der Waals surface area contributed by atoms with Crippen molar-refractivity contribution in [3.05, 3.63) is 12.2 Å². The van der Waals surface area contributed by atoms with Crippen molar-refractivity contribution in [3.8, 4) is 0 Å². The van der Waals surface area contributed by atoms with E-state index in [0.717, 1.165) is 6.54 Å². The van der Waals surface area contributed by atoms with Crippen molar-refractivity contribution >= 4 is 0 Å². The van der Waals surface area contributed by atoms with E-state index in [-0.39, 0.29) is 0 Å². The highest BCUT2D eigenvalue weighted by Crippen LogP contribution is 2.22. The Morgan fingerprint density at radius 3 is 1.23 bits per heavy atom. The summed E-state index contributed by atoms with van der Waals surface area (Å²) in [5.41, 5.74) is 6.03. The lowest BCUT2D eigenvalue weighted by molar-refractivity contribution is 0.356. The topological polar surface area (TPSA) is 26.0 Å². The molecule has 0 aromatic carbocycles. The quantitative estimate of drug-likeness (QED) is 0.180. The van der Waals surface area contributed by atoms with E-state index in [1.807, 2.05) is 0 Å². The number of nitrogens with two attached hydrogens (primary N) is 1. The van der Waals surface area contributed by atoms with Crippen LogP contribution in [0.15, 0.2) is 12.2 Å². The summed E-state index contributed by atoms with van der Waals surface area (Å²) in [7, 11) is 0. The molecule has 26 heavy (non-hydrogen) atoms. The van der Waals surface area contributed by atoms with E-state index in [1.54, 1.807) is 0 Å². The van der Waals surface area contributed by atoms with Gasteiger partial charge in [-0.1, -0.05) is 110 Å². The van der Waals surface area contributed by atoms with E-state index in [9.17, 15) is 0 Å². The summed E-state index contributed by atoms with van der Waals surface area (Å²) < 4.78 is 0. The molecule has 0 atom stereocenters. The lowest BCUT2D eigenvalue weighted by Gasteiger charge is -2.17. The SMILES string of the molecule is CC(C)(C)CCCCCCC/C=C\CCCCCCCCCCCCN. The summed E-state index contributed by atoms with van der Waals surface area (Å²) in [5, 5.41) is 0. The molecule has 156 valence electrons. The summed E-state index contributed by atoms with van der Waals surface area (Å²) in [5.74, 6) is 0. The fraction of sp³-hybridized carbons (Fsp3) is 0.920. The van der Waals surface area contributed by atoms with Gasteiger partial charge in [-0.05, 0) is 50.5 Å². The molecule has 0 aromatic rings. The van der Waals surface area contributed by atoms with Gasteiger partial charge < -0.3 is 5.73 Å². The van der Waals surface area contributed by atoms with E-state index < -0.39 is 0 Å². The van der Waals surface area contributed by atoms with E-state index >= 15 is 0 Å². The Kier molecular flexibility index (Phi) is 19.2. The van der Waals surface area contributed by atoms with Crippen LogP contribution in [0.3, 0.4) is 0 Å². The fourth-order valence-corrected chi connectivity index (χ4v) is 3.50. The molecule has 0 aliphatic heterocycles. The van der Waals surface area contributed by atoms with Crippen molar-refractivity contribution in [1.29, 1.82) is 0 Å². The molecule has 0 unspecified atom stereocenters. The van der Waals surface area contributed by atoms with Gasteiger partial charge in [0.2, 0.25) is 0 Å². The molecule has 1 nitrogen and oxygen atoms in total. The third-order valence-corrected chi connectivity index (χ3v) is 5.29. The number of unbranched alkanes of at least 4 members (excludes halogenated alkanes) is 15. The normalized spacial score (nSPS) is 12.3. The Balaban J connectivity index is 3.11. The van der Waals surface area contributed by atoms with Crippen LogP contribution >= 0.6 is 0 Å². The van der Waals surface area contributed by atoms with Gasteiger partial charge in [-0.25, -0.2) is 0 Å². The molecule has 0 radical (unpaired) electrons. The van der Waals surface area contributed by atoms with E-state index in [1.165, 1.54) is 116 Å². The third kappa shape index (κ3) is 23.7. The molecule has 0 saturated carbocycles. The predicted molar refractivity (Wildman–Crippen MR) is 121 cm³/mol. The molecule has 0 aliphatic carbocycles. The van der Waals surface area contributed by atoms with Gasteiger partial charge in [-0.2, -0.15) is 0 Å². The molecule has 0 bridgehead atoms. The maximum Gasteiger partial charge on any atom is -0.00773 e. The Bertz CT molecular complexity index is 287. The second-order valence-corrected chi connectivity index (χ2v) is 9.45. The van der Waals surface area contributed by atoms with Crippen LogP contribution in [-0.2, 0) is 0 Å². The van der Waals surface area contributed by atoms with Crippen LogP contribution in [0.1, 0.15) is 136 Å². The van der Waals surface area contributed by atoms with Gasteiger partial charge in [0.05, 0.1) is 0 Å². The highest BCUT2D eigenvalue weighted by Gasteiger charge is 2.08. The monoisotopic (exact) mass is 365 g/mol. The molecule has 1 heteroatoms. The number of allylic oxidation sites excluding steroid dienone is 2. The Hall–Kier alpha value is -0.300. The van der Waals surface area contributed by atoms with Gasteiger partial charge in [-0.3, -0.25) is 0 Å². The molecule has 2 N–H and O–H groups in total. The van der Waals surface area contributed by atoms with Gasteiger partial charge in [0.25, 0.3) is 0 Å². The van der Waals surface area contributed by atoms with Crippen molar-refractivity contribution in [1.82, 2.24) is 0 Å². The average molecular weight is 366 g/mol. The minimum Gasteiger partial charge on any atom is -0.330 e. The molecule has 0 spiro atoms. The van der Waals surface area contributed by atoms with E-state index in [4.69, 9.17) is 5.73 Å². The summed E-state index contributed by atoms with van der Waals surface area (Å²) >= 11 is 0. The second-order valence-electron chi connectivity index (χ2n) is 9.45. The lowest BCUT2D eigenvalue weighted by Crippen LogP contribution is -2.03. The smallest absolute Gasteiger partial charge is 0.00773 e. The van der Waals surface area contributed by atoms with E-state index in [2.05, 4.69) is 32.9 Å². The summed E-state index contributed by atoms with van der Waals surface area (Å²) in [6, 6.07) is 0. The maximum absolute atomic E-state index is 5.51. The van der Waals surface area contributed by atoms with Crippen LogP contribution in [0, 0.1) is 5.41 Å². The molecule has 0 aromatic heterocycles. The standard InChI is InChI=1S/C25H51N/c1-25(2,3)23-21-19-17-15-13-11-9-7-5-4-6-8-10-12-14-16-18-20-22-24-26/h7,9H,4-6,8,10-24,26H2,1-3H3/b9-7-. The Morgan fingerprint density at radius 2 is 0.846 bits per heavy atom. The zero-order valence-electron chi connectivity index (χ0n) is 18.7. The number of hydrogen-bond acceptors (Lipinski definition) is 1. The highest BCUT2D eigenvalue weighted by atomic mass is 14.5. The second kappa shape index (κ2) is 19.5. The van der Waals surface area contributed by atoms with Gasteiger partial charge in [0, 0.05) is 0 Å². The van der Waals surface area contributed by atoms with Crippen molar-refractivity contribution in [3.63, 3.8) is 0 Å². The fourth-order valence-electron chi connectivity index (χ4n) is 3.50. The van der Waals surface area contributed by atoms with Crippen LogP contribution in [0.5, 0.6) is 0 Å². The highest BCUT2D eigenvalue weighted by molar-refractivity contribution is 4.81. The van der Waals surface area contributed by atoms with Crippen molar-refractivity contribution in [2.75, 3.05) is 6.54 Å². The molecule has 0 rings (SSSR count). The summed E-state index contributed by atoms with van der Waals surface area (Å²) in [6.07, 6.45) is 29.8. The molecule has 0 aliphatic rings. The molecule has 0 amide bonds. The average Bonchev–Trinajstić information content (AvgIpc) is 2.59. The van der Waals surface area contributed by atoms with Gasteiger partial charge in [0.15, 0.2) is 0 Å². The van der Waals surface area contributed by atoms with Crippen LogP contribution in [-0.4, -0.2) is 6.54 Å². The molecule has 0 saturated heterocycles. The minimum atomic E-state index is 0.521. The van der Waals surface area contributed by atoms with Gasteiger partial charge >= 0.3 is 0 Å². The van der Waals surface area contributed by atoms with E-state index in [0.29, 0.717) is 5.41 Å². The van der Waals surface area contributed by atoms with Crippen LogP contribution in [0.4, 0.5) is 0 Å². The minimum absolute atomic E-state index is 0.521. The third-order valence-electron chi connectivity index (χ3n) is 5.29. The first-order chi connectivity index (χ1) is 12.6. The first-order valence-electron chi connectivity index (χ1n) is 11.9. The van der Waals surface area contributed by atoms with Gasteiger partial charge in [0.1, 0.15) is 0 Å². The molecular weight excluding hydrogens is 314 g/mol. The zero-order chi connectivity index (χ0) is 19.3. The lowest BCUT2D eigenvalue weighted by atomic mass is 9.89. The van der Waals surface area contributed by atoms with Gasteiger partial charge in [-0.15, -0.1) is 0 Å². The molecule has 0 heterocycles. The summed E-state index contributed by atoms with van der Waals surface area (Å²) in [6.45, 7) is 7.92. The zero-order valence-corrected chi connectivity index (χ0v) is 18.7. The maximum atomic E-state index is 5.51.